The number of aromatic nitrogens is 1. The molecule has 1 aromatic heterocycles. The Kier molecular flexibility index (Phi) is 1.54. The summed E-state index contributed by atoms with van der Waals surface area (Å²) in [5.74, 6) is -0.254. The number of fused-ring (bicyclic) bond motifs is 1. The molecule has 1 nitrogen and oxygen atoms in total. The van der Waals surface area contributed by atoms with E-state index in [0.717, 1.165) is 10.9 Å². The van der Waals surface area contributed by atoms with Crippen molar-refractivity contribution in [3.05, 3.63) is 42.0 Å². The van der Waals surface area contributed by atoms with Gasteiger partial charge in [0.1, 0.15) is 5.82 Å². The van der Waals surface area contributed by atoms with Crippen LogP contribution < -0.4 is 0 Å². The van der Waals surface area contributed by atoms with E-state index in [0.29, 0.717) is 5.39 Å². The van der Waals surface area contributed by atoms with E-state index in [4.69, 9.17) is 0 Å². The van der Waals surface area contributed by atoms with E-state index in [1.807, 2.05) is 25.1 Å². The van der Waals surface area contributed by atoms with Crippen molar-refractivity contribution in [1.82, 2.24) is 4.98 Å². The van der Waals surface area contributed by atoms with Crippen molar-refractivity contribution in [1.29, 1.82) is 0 Å². The molecule has 1 aromatic carbocycles. The van der Waals surface area contributed by atoms with E-state index >= 15 is 0 Å². The van der Waals surface area contributed by atoms with Crippen LogP contribution >= 0.6 is 0 Å². The van der Waals surface area contributed by atoms with Crippen molar-refractivity contribution >= 4 is 10.8 Å². The van der Waals surface area contributed by atoms with Crippen molar-refractivity contribution in [2.24, 2.45) is 0 Å². The minimum Gasteiger partial charge on any atom is -0.261 e. The fourth-order valence-electron chi connectivity index (χ4n) is 1.24. The van der Waals surface area contributed by atoms with Crippen LogP contribution in [0.1, 0.15) is 5.56 Å². The van der Waals surface area contributed by atoms with Crippen LogP contribution in [-0.4, -0.2) is 4.98 Å². The number of pyridine rings is 1. The Morgan fingerprint density at radius 2 is 2.08 bits per heavy atom. The number of hydrogen-bond acceptors (Lipinski definition) is 1. The maximum Gasteiger partial charge on any atom is 0.149 e. The minimum absolute atomic E-state index is 0.254. The molecule has 0 spiro atoms. The molecule has 0 aliphatic rings. The molecule has 0 radical (unpaired) electrons. The molecule has 0 saturated carbocycles. The van der Waals surface area contributed by atoms with Gasteiger partial charge in [0.05, 0.1) is 6.20 Å². The third-order valence-corrected chi connectivity index (χ3v) is 1.87. The summed E-state index contributed by atoms with van der Waals surface area (Å²) in [6.45, 7) is 1.94. The van der Waals surface area contributed by atoms with Crippen molar-refractivity contribution in [3.8, 4) is 0 Å². The number of halogens is 1. The number of rotatable bonds is 0. The lowest BCUT2D eigenvalue weighted by molar-refractivity contribution is 0.634. The maximum absolute atomic E-state index is 13.1. The van der Waals surface area contributed by atoms with Gasteiger partial charge in [0.2, 0.25) is 0 Å². The minimum atomic E-state index is -0.254. The van der Waals surface area contributed by atoms with Crippen LogP contribution in [0, 0.1) is 12.7 Å². The molecule has 0 bridgehead atoms. The highest BCUT2D eigenvalue weighted by Gasteiger charge is 1.99. The van der Waals surface area contributed by atoms with E-state index in [9.17, 15) is 4.39 Å². The molecular weight excluding hydrogens is 153 g/mol. The van der Waals surface area contributed by atoms with Gasteiger partial charge < -0.3 is 0 Å². The average molecular weight is 161 g/mol. The Hall–Kier alpha value is -1.44. The summed E-state index contributed by atoms with van der Waals surface area (Å²) in [5, 5.41) is 1.49. The first kappa shape index (κ1) is 7.22. The van der Waals surface area contributed by atoms with E-state index in [1.165, 1.54) is 6.20 Å². The summed E-state index contributed by atoms with van der Waals surface area (Å²) >= 11 is 0. The molecular formula is C10H8FN. The molecule has 60 valence electrons. The molecule has 0 aliphatic heterocycles. The van der Waals surface area contributed by atoms with E-state index < -0.39 is 0 Å². The summed E-state index contributed by atoms with van der Waals surface area (Å²) < 4.78 is 13.1. The highest BCUT2D eigenvalue weighted by molar-refractivity contribution is 5.82. The molecule has 0 saturated heterocycles. The maximum atomic E-state index is 13.1. The standard InChI is InChI=1S/C10H8FN/c1-7-2-3-8-5-12-6-10(11)9(8)4-7/h2-6H,1H3. The summed E-state index contributed by atoms with van der Waals surface area (Å²) in [6.07, 6.45) is 2.90. The van der Waals surface area contributed by atoms with Gasteiger partial charge in [0.15, 0.2) is 0 Å². The SMILES string of the molecule is Cc1ccc2cncc(F)c2c1. The first-order chi connectivity index (χ1) is 5.77. The Balaban J connectivity index is 2.88. The lowest BCUT2D eigenvalue weighted by atomic mass is 10.1. The van der Waals surface area contributed by atoms with Gasteiger partial charge in [-0.1, -0.05) is 17.7 Å². The zero-order valence-corrected chi connectivity index (χ0v) is 6.71. The first-order valence-electron chi connectivity index (χ1n) is 3.77. The summed E-state index contributed by atoms with van der Waals surface area (Å²) in [7, 11) is 0. The van der Waals surface area contributed by atoms with Gasteiger partial charge >= 0.3 is 0 Å². The molecule has 0 N–H and O–H groups in total. The van der Waals surface area contributed by atoms with E-state index in [-0.39, 0.29) is 5.82 Å². The van der Waals surface area contributed by atoms with Crippen molar-refractivity contribution in [2.75, 3.05) is 0 Å². The molecule has 12 heavy (non-hydrogen) atoms. The van der Waals surface area contributed by atoms with Gasteiger partial charge in [0, 0.05) is 17.0 Å². The fourth-order valence-corrected chi connectivity index (χ4v) is 1.24. The normalized spacial score (nSPS) is 10.5. The van der Waals surface area contributed by atoms with Crippen LogP contribution in [0.4, 0.5) is 4.39 Å². The molecule has 0 unspecified atom stereocenters. The lowest BCUT2D eigenvalue weighted by Gasteiger charge is -1.98. The second-order valence-electron chi connectivity index (χ2n) is 2.85. The zero-order chi connectivity index (χ0) is 8.55. The van der Waals surface area contributed by atoms with Gasteiger partial charge in [-0.15, -0.1) is 0 Å². The summed E-state index contributed by atoms with van der Waals surface area (Å²) in [5.41, 5.74) is 1.06. The summed E-state index contributed by atoms with van der Waals surface area (Å²) in [4.78, 5) is 3.77. The van der Waals surface area contributed by atoms with Crippen LogP contribution in [0.3, 0.4) is 0 Å². The van der Waals surface area contributed by atoms with Gasteiger partial charge in [-0.2, -0.15) is 0 Å². The van der Waals surface area contributed by atoms with Crippen LogP contribution in [0.2, 0.25) is 0 Å². The fraction of sp³-hybridized carbons (Fsp3) is 0.100. The number of hydrogen-bond donors (Lipinski definition) is 0. The molecule has 0 amide bonds. The monoisotopic (exact) mass is 161 g/mol. The molecule has 2 rings (SSSR count). The van der Waals surface area contributed by atoms with Crippen LogP contribution in [0.15, 0.2) is 30.6 Å². The van der Waals surface area contributed by atoms with Crippen LogP contribution in [0.5, 0.6) is 0 Å². The topological polar surface area (TPSA) is 12.9 Å². The number of nitrogens with zero attached hydrogens (tertiary/aromatic N) is 1. The Morgan fingerprint density at radius 1 is 1.25 bits per heavy atom. The van der Waals surface area contributed by atoms with E-state index in [1.54, 1.807) is 6.20 Å². The molecule has 1 heterocycles. The average Bonchev–Trinajstić information content (AvgIpc) is 2.07. The van der Waals surface area contributed by atoms with E-state index in [2.05, 4.69) is 4.98 Å². The van der Waals surface area contributed by atoms with Gasteiger partial charge in [-0.05, 0) is 13.0 Å². The third kappa shape index (κ3) is 1.05. The Labute approximate surface area is 69.9 Å². The Morgan fingerprint density at radius 3 is 2.92 bits per heavy atom. The molecule has 0 aliphatic carbocycles. The number of aryl methyl sites for hydroxylation is 1. The van der Waals surface area contributed by atoms with Crippen molar-refractivity contribution in [2.45, 2.75) is 6.92 Å². The third-order valence-electron chi connectivity index (χ3n) is 1.87. The van der Waals surface area contributed by atoms with Gasteiger partial charge in [0.25, 0.3) is 0 Å². The van der Waals surface area contributed by atoms with Crippen LogP contribution in [-0.2, 0) is 0 Å². The second-order valence-corrected chi connectivity index (χ2v) is 2.85. The molecule has 0 fully saturated rings. The Bertz CT molecular complexity index is 423. The van der Waals surface area contributed by atoms with Gasteiger partial charge in [-0.25, -0.2) is 4.39 Å². The molecule has 0 atom stereocenters. The summed E-state index contributed by atoms with van der Waals surface area (Å²) in [6, 6.07) is 5.65. The molecule has 2 aromatic rings. The first-order valence-corrected chi connectivity index (χ1v) is 3.77. The predicted molar refractivity (Wildman–Crippen MR) is 46.4 cm³/mol. The zero-order valence-electron chi connectivity index (χ0n) is 6.71. The largest absolute Gasteiger partial charge is 0.261 e. The van der Waals surface area contributed by atoms with Crippen molar-refractivity contribution < 1.29 is 4.39 Å². The van der Waals surface area contributed by atoms with Gasteiger partial charge in [-0.3, -0.25) is 4.98 Å². The highest BCUT2D eigenvalue weighted by Crippen LogP contribution is 2.17. The second kappa shape index (κ2) is 2.55. The smallest absolute Gasteiger partial charge is 0.149 e. The molecule has 2 heteroatoms. The predicted octanol–water partition coefficient (Wildman–Crippen LogP) is 2.68. The quantitative estimate of drug-likeness (QED) is 0.578. The van der Waals surface area contributed by atoms with Crippen LogP contribution in [0.25, 0.3) is 10.8 Å². The van der Waals surface area contributed by atoms with Crippen molar-refractivity contribution in [3.63, 3.8) is 0 Å². The highest BCUT2D eigenvalue weighted by atomic mass is 19.1. The lowest BCUT2D eigenvalue weighted by Crippen LogP contribution is -1.82. The number of benzene rings is 1.